The van der Waals surface area contributed by atoms with Gasteiger partial charge >= 0.3 is 5.97 Å². The largest absolute Gasteiger partial charge is 0.469 e. The number of hydrogen-bond donors (Lipinski definition) is 1. The lowest BCUT2D eigenvalue weighted by Crippen LogP contribution is -2.27. The zero-order valence-electron chi connectivity index (χ0n) is 10.3. The second-order valence-electron chi connectivity index (χ2n) is 4.48. The smallest absolute Gasteiger partial charge is 0.311 e. The van der Waals surface area contributed by atoms with Crippen molar-refractivity contribution in [2.75, 3.05) is 7.11 Å². The maximum Gasteiger partial charge on any atom is 0.311 e. The molecular weight excluding hydrogens is 208 g/mol. The molecule has 16 heavy (non-hydrogen) atoms. The highest BCUT2D eigenvalue weighted by Gasteiger charge is 2.33. The topological polar surface area (TPSA) is 55.8 Å². The van der Waals surface area contributed by atoms with Crippen molar-refractivity contribution in [2.24, 2.45) is 5.92 Å². The Kier molecular flexibility index (Phi) is 5.22. The van der Waals surface area contributed by atoms with Crippen LogP contribution >= 0.6 is 0 Å². The summed E-state index contributed by atoms with van der Waals surface area (Å²) in [5.41, 5.74) is 0. The van der Waals surface area contributed by atoms with Crippen molar-refractivity contribution in [3.63, 3.8) is 0 Å². The molecule has 1 aliphatic rings. The van der Waals surface area contributed by atoms with Gasteiger partial charge in [0.15, 0.2) is 0 Å². The van der Waals surface area contributed by atoms with Crippen LogP contribution in [0.4, 0.5) is 0 Å². The summed E-state index contributed by atoms with van der Waals surface area (Å²) >= 11 is 0. The number of rotatable bonds is 5. The van der Waals surface area contributed by atoms with Crippen LogP contribution in [-0.4, -0.2) is 36.5 Å². The quantitative estimate of drug-likeness (QED) is 0.727. The Bertz CT molecular complexity index is 229. The molecule has 0 spiro atoms. The van der Waals surface area contributed by atoms with Gasteiger partial charge in [-0.1, -0.05) is 6.92 Å². The van der Waals surface area contributed by atoms with E-state index in [1.807, 2.05) is 13.8 Å². The van der Waals surface area contributed by atoms with Gasteiger partial charge in [0.1, 0.15) is 0 Å². The molecule has 1 rings (SSSR count). The SMILES string of the molecule is CC[C@H](O)C[C@@H]1CC[C@H]([C@@H](C)C(=O)OC)O1. The number of carbonyl (C=O) groups is 1. The van der Waals surface area contributed by atoms with Gasteiger partial charge in [0, 0.05) is 0 Å². The van der Waals surface area contributed by atoms with Crippen LogP contribution in [0.1, 0.15) is 39.5 Å². The van der Waals surface area contributed by atoms with Gasteiger partial charge in [-0.15, -0.1) is 0 Å². The molecule has 0 aromatic carbocycles. The van der Waals surface area contributed by atoms with E-state index in [0.717, 1.165) is 19.3 Å². The number of aliphatic hydroxyl groups is 1. The third-order valence-corrected chi connectivity index (χ3v) is 3.28. The molecule has 1 fully saturated rings. The number of esters is 1. The van der Waals surface area contributed by atoms with Crippen LogP contribution in [-0.2, 0) is 14.3 Å². The molecule has 1 aliphatic heterocycles. The molecule has 0 unspecified atom stereocenters. The van der Waals surface area contributed by atoms with Crippen molar-refractivity contribution < 1.29 is 19.4 Å². The zero-order chi connectivity index (χ0) is 12.1. The molecule has 4 heteroatoms. The maximum atomic E-state index is 11.3. The van der Waals surface area contributed by atoms with Crippen molar-refractivity contribution in [3.05, 3.63) is 0 Å². The van der Waals surface area contributed by atoms with Gasteiger partial charge in [0.25, 0.3) is 0 Å². The second kappa shape index (κ2) is 6.21. The molecule has 1 N–H and O–H groups in total. The number of carbonyl (C=O) groups excluding carboxylic acids is 1. The highest BCUT2D eigenvalue weighted by atomic mass is 16.5. The van der Waals surface area contributed by atoms with Gasteiger partial charge in [-0.2, -0.15) is 0 Å². The summed E-state index contributed by atoms with van der Waals surface area (Å²) in [6.07, 6.45) is 2.95. The minimum Gasteiger partial charge on any atom is -0.469 e. The van der Waals surface area contributed by atoms with Gasteiger partial charge in [-0.05, 0) is 32.6 Å². The van der Waals surface area contributed by atoms with Crippen LogP contribution in [0.3, 0.4) is 0 Å². The first-order valence-corrected chi connectivity index (χ1v) is 5.99. The predicted molar refractivity (Wildman–Crippen MR) is 60.0 cm³/mol. The molecule has 4 nitrogen and oxygen atoms in total. The van der Waals surface area contributed by atoms with Crippen LogP contribution in [0.5, 0.6) is 0 Å². The molecule has 1 saturated heterocycles. The maximum absolute atomic E-state index is 11.3. The number of aliphatic hydroxyl groups excluding tert-OH is 1. The molecule has 0 bridgehead atoms. The molecule has 1 heterocycles. The number of ether oxygens (including phenoxy) is 2. The van der Waals surface area contributed by atoms with Gasteiger partial charge in [-0.3, -0.25) is 4.79 Å². The van der Waals surface area contributed by atoms with E-state index >= 15 is 0 Å². The lowest BCUT2D eigenvalue weighted by molar-refractivity contribution is -0.150. The van der Waals surface area contributed by atoms with E-state index in [0.29, 0.717) is 6.42 Å². The molecule has 4 atom stereocenters. The third-order valence-electron chi connectivity index (χ3n) is 3.28. The first-order valence-electron chi connectivity index (χ1n) is 5.99. The summed E-state index contributed by atoms with van der Waals surface area (Å²) in [6, 6.07) is 0. The predicted octanol–water partition coefficient (Wildman–Crippen LogP) is 1.50. The Morgan fingerprint density at radius 1 is 1.56 bits per heavy atom. The van der Waals surface area contributed by atoms with Gasteiger partial charge in [0.05, 0.1) is 31.3 Å². The molecule has 0 saturated carbocycles. The Hall–Kier alpha value is -0.610. The lowest BCUT2D eigenvalue weighted by Gasteiger charge is -2.19. The van der Waals surface area contributed by atoms with Gasteiger partial charge in [-0.25, -0.2) is 0 Å². The summed E-state index contributed by atoms with van der Waals surface area (Å²) in [6.45, 7) is 3.78. The fraction of sp³-hybridized carbons (Fsp3) is 0.917. The third kappa shape index (κ3) is 3.46. The average Bonchev–Trinajstić information content (AvgIpc) is 2.75. The van der Waals surface area contributed by atoms with Crippen molar-refractivity contribution in [3.8, 4) is 0 Å². The molecule has 0 aromatic heterocycles. The van der Waals surface area contributed by atoms with Crippen LogP contribution in [0.15, 0.2) is 0 Å². The molecule has 0 aliphatic carbocycles. The fourth-order valence-corrected chi connectivity index (χ4v) is 2.08. The second-order valence-corrected chi connectivity index (χ2v) is 4.48. The summed E-state index contributed by atoms with van der Waals surface area (Å²) in [7, 11) is 1.39. The Morgan fingerprint density at radius 3 is 2.81 bits per heavy atom. The summed E-state index contributed by atoms with van der Waals surface area (Å²) in [5, 5.41) is 9.53. The molecule has 94 valence electrons. The lowest BCUT2D eigenvalue weighted by atomic mass is 10.0. The first kappa shape index (κ1) is 13.5. The Morgan fingerprint density at radius 2 is 2.25 bits per heavy atom. The van der Waals surface area contributed by atoms with Crippen LogP contribution < -0.4 is 0 Å². The number of hydrogen-bond acceptors (Lipinski definition) is 4. The normalized spacial score (nSPS) is 28.8. The standard InChI is InChI=1S/C12H22O4/c1-4-9(13)7-10-5-6-11(16-10)8(2)12(14)15-3/h8-11,13H,4-7H2,1-3H3/t8-,9+,10+,11-/m1/s1. The highest BCUT2D eigenvalue weighted by Crippen LogP contribution is 2.28. The van der Waals surface area contributed by atoms with Crippen molar-refractivity contribution in [2.45, 2.75) is 57.8 Å². The number of methoxy groups -OCH3 is 1. The van der Waals surface area contributed by atoms with Gasteiger partial charge in [0.2, 0.25) is 0 Å². The van der Waals surface area contributed by atoms with Crippen LogP contribution in [0.2, 0.25) is 0 Å². The Balaban J connectivity index is 2.37. The van der Waals surface area contributed by atoms with E-state index in [-0.39, 0.29) is 30.2 Å². The van der Waals surface area contributed by atoms with Crippen molar-refractivity contribution in [1.82, 2.24) is 0 Å². The molecule has 0 aromatic rings. The minimum atomic E-state index is -0.294. The molecule has 0 amide bonds. The van der Waals surface area contributed by atoms with E-state index in [2.05, 4.69) is 0 Å². The minimum absolute atomic E-state index is 0.0542. The van der Waals surface area contributed by atoms with Crippen molar-refractivity contribution in [1.29, 1.82) is 0 Å². The van der Waals surface area contributed by atoms with E-state index in [9.17, 15) is 9.90 Å². The van der Waals surface area contributed by atoms with Crippen LogP contribution in [0.25, 0.3) is 0 Å². The average molecular weight is 230 g/mol. The van der Waals surface area contributed by atoms with E-state index in [1.54, 1.807) is 0 Å². The monoisotopic (exact) mass is 230 g/mol. The first-order chi connectivity index (χ1) is 7.58. The van der Waals surface area contributed by atoms with Crippen LogP contribution in [0, 0.1) is 5.92 Å². The molecule has 0 radical (unpaired) electrons. The van der Waals surface area contributed by atoms with Gasteiger partial charge < -0.3 is 14.6 Å². The summed E-state index contributed by atoms with van der Waals surface area (Å²) < 4.78 is 10.5. The Labute approximate surface area is 96.9 Å². The highest BCUT2D eigenvalue weighted by molar-refractivity contribution is 5.72. The van der Waals surface area contributed by atoms with E-state index < -0.39 is 0 Å². The van der Waals surface area contributed by atoms with E-state index in [1.165, 1.54) is 7.11 Å². The fourth-order valence-electron chi connectivity index (χ4n) is 2.08. The summed E-state index contributed by atoms with van der Waals surface area (Å²) in [4.78, 5) is 11.3. The summed E-state index contributed by atoms with van der Waals surface area (Å²) in [5.74, 6) is -0.435. The zero-order valence-corrected chi connectivity index (χ0v) is 10.3. The van der Waals surface area contributed by atoms with E-state index in [4.69, 9.17) is 9.47 Å². The van der Waals surface area contributed by atoms with Crippen molar-refractivity contribution >= 4 is 5.97 Å². The molecular formula is C12H22O4.